The van der Waals surface area contributed by atoms with Crippen LogP contribution in [0.1, 0.15) is 19.8 Å². The summed E-state index contributed by atoms with van der Waals surface area (Å²) in [5, 5.41) is 6.84. The van der Waals surface area contributed by atoms with Gasteiger partial charge in [0.1, 0.15) is 6.29 Å². The highest BCUT2D eigenvalue weighted by atomic mass is 15.4. The number of rotatable bonds is 3. The summed E-state index contributed by atoms with van der Waals surface area (Å²) in [5.74, 6) is 0. The van der Waals surface area contributed by atoms with Crippen molar-refractivity contribution >= 4 is 0 Å². The molecule has 0 saturated carbocycles. The molecule has 1 rings (SSSR count). The summed E-state index contributed by atoms with van der Waals surface area (Å²) in [7, 11) is 2.15. The molecule has 1 heterocycles. The van der Waals surface area contributed by atoms with Gasteiger partial charge in [-0.05, 0) is 33.0 Å². The SMILES string of the molecule is CCCN(C)C1NCCCN1. The van der Waals surface area contributed by atoms with E-state index < -0.39 is 0 Å². The second-order valence-corrected chi connectivity index (χ2v) is 3.14. The first-order valence-electron chi connectivity index (χ1n) is 4.51. The van der Waals surface area contributed by atoms with E-state index in [4.69, 9.17) is 0 Å². The molecule has 0 bridgehead atoms. The third-order valence-electron chi connectivity index (χ3n) is 2.05. The number of nitrogens with one attached hydrogen (secondary N) is 2. The molecule has 0 aromatic carbocycles. The Hall–Kier alpha value is -0.120. The maximum absolute atomic E-state index is 3.42. The van der Waals surface area contributed by atoms with Crippen molar-refractivity contribution in [3.8, 4) is 0 Å². The van der Waals surface area contributed by atoms with E-state index in [9.17, 15) is 0 Å². The van der Waals surface area contributed by atoms with Crippen molar-refractivity contribution in [2.75, 3.05) is 26.7 Å². The standard InChI is InChI=1S/C8H19N3/c1-3-7-11(2)8-9-5-4-6-10-8/h8-10H,3-7H2,1-2H3. The Labute approximate surface area is 69.1 Å². The van der Waals surface area contributed by atoms with Crippen molar-refractivity contribution in [3.05, 3.63) is 0 Å². The molecule has 1 fully saturated rings. The van der Waals surface area contributed by atoms with E-state index in [0.29, 0.717) is 6.29 Å². The van der Waals surface area contributed by atoms with Crippen LogP contribution in [0.4, 0.5) is 0 Å². The maximum Gasteiger partial charge on any atom is 0.114 e. The Bertz CT molecular complexity index is 99.5. The highest BCUT2D eigenvalue weighted by Gasteiger charge is 2.14. The Morgan fingerprint density at radius 2 is 2.00 bits per heavy atom. The minimum atomic E-state index is 0.406. The number of hydrogen-bond acceptors (Lipinski definition) is 3. The van der Waals surface area contributed by atoms with E-state index in [2.05, 4.69) is 29.5 Å². The summed E-state index contributed by atoms with van der Waals surface area (Å²) >= 11 is 0. The normalized spacial score (nSPS) is 21.0. The van der Waals surface area contributed by atoms with E-state index in [0.717, 1.165) is 19.6 Å². The molecule has 0 aromatic rings. The van der Waals surface area contributed by atoms with Crippen LogP contribution >= 0.6 is 0 Å². The van der Waals surface area contributed by atoms with Crippen molar-refractivity contribution in [3.63, 3.8) is 0 Å². The molecule has 0 atom stereocenters. The molecule has 3 heteroatoms. The highest BCUT2D eigenvalue weighted by molar-refractivity contribution is 4.69. The smallest absolute Gasteiger partial charge is 0.114 e. The summed E-state index contributed by atoms with van der Waals surface area (Å²) in [6, 6.07) is 0. The van der Waals surface area contributed by atoms with Gasteiger partial charge in [-0.15, -0.1) is 0 Å². The van der Waals surface area contributed by atoms with Crippen molar-refractivity contribution < 1.29 is 0 Å². The summed E-state index contributed by atoms with van der Waals surface area (Å²) < 4.78 is 0. The predicted molar refractivity (Wildman–Crippen MR) is 47.3 cm³/mol. The molecular formula is C8H19N3. The minimum Gasteiger partial charge on any atom is -0.289 e. The molecule has 0 radical (unpaired) electrons. The van der Waals surface area contributed by atoms with Gasteiger partial charge >= 0.3 is 0 Å². The number of nitrogens with zero attached hydrogens (tertiary/aromatic N) is 1. The topological polar surface area (TPSA) is 27.3 Å². The van der Waals surface area contributed by atoms with Crippen LogP contribution in [0.3, 0.4) is 0 Å². The predicted octanol–water partition coefficient (Wildman–Crippen LogP) is 0.195. The second-order valence-electron chi connectivity index (χ2n) is 3.14. The van der Waals surface area contributed by atoms with Gasteiger partial charge in [0.05, 0.1) is 0 Å². The second kappa shape index (κ2) is 4.70. The lowest BCUT2D eigenvalue weighted by Gasteiger charge is -2.32. The van der Waals surface area contributed by atoms with Crippen LogP contribution in [0.2, 0.25) is 0 Å². The zero-order valence-electron chi connectivity index (χ0n) is 7.56. The molecule has 11 heavy (non-hydrogen) atoms. The van der Waals surface area contributed by atoms with Crippen LogP contribution in [0.5, 0.6) is 0 Å². The first-order valence-corrected chi connectivity index (χ1v) is 4.51. The zero-order valence-corrected chi connectivity index (χ0v) is 7.56. The molecule has 0 aromatic heterocycles. The van der Waals surface area contributed by atoms with Gasteiger partial charge in [-0.3, -0.25) is 15.5 Å². The average molecular weight is 157 g/mol. The van der Waals surface area contributed by atoms with Crippen molar-refractivity contribution in [2.24, 2.45) is 0 Å². The lowest BCUT2D eigenvalue weighted by atomic mass is 10.3. The average Bonchev–Trinajstić information content (AvgIpc) is 2.07. The van der Waals surface area contributed by atoms with Crippen LogP contribution in [0, 0.1) is 0 Å². The Morgan fingerprint density at radius 3 is 2.55 bits per heavy atom. The van der Waals surface area contributed by atoms with Gasteiger partial charge < -0.3 is 0 Å². The largest absolute Gasteiger partial charge is 0.289 e. The monoisotopic (exact) mass is 157 g/mol. The fourth-order valence-electron chi connectivity index (χ4n) is 1.43. The van der Waals surface area contributed by atoms with Gasteiger partial charge in [-0.2, -0.15) is 0 Å². The summed E-state index contributed by atoms with van der Waals surface area (Å²) in [4.78, 5) is 2.32. The van der Waals surface area contributed by atoms with E-state index in [-0.39, 0.29) is 0 Å². The molecule has 0 unspecified atom stereocenters. The van der Waals surface area contributed by atoms with Gasteiger partial charge in [-0.25, -0.2) is 0 Å². The van der Waals surface area contributed by atoms with Gasteiger partial charge in [0, 0.05) is 6.54 Å². The van der Waals surface area contributed by atoms with Crippen LogP contribution in [-0.4, -0.2) is 37.9 Å². The van der Waals surface area contributed by atoms with Crippen LogP contribution in [0.25, 0.3) is 0 Å². The fraction of sp³-hybridized carbons (Fsp3) is 1.00. The lowest BCUT2D eigenvalue weighted by Crippen LogP contribution is -2.57. The third-order valence-corrected chi connectivity index (χ3v) is 2.05. The summed E-state index contributed by atoms with van der Waals surface area (Å²) in [5.41, 5.74) is 0. The first-order chi connectivity index (χ1) is 5.34. The minimum absolute atomic E-state index is 0.406. The lowest BCUT2D eigenvalue weighted by molar-refractivity contribution is 0.149. The van der Waals surface area contributed by atoms with Crippen molar-refractivity contribution in [2.45, 2.75) is 26.1 Å². The molecular weight excluding hydrogens is 138 g/mol. The van der Waals surface area contributed by atoms with Crippen molar-refractivity contribution in [1.29, 1.82) is 0 Å². The van der Waals surface area contributed by atoms with E-state index >= 15 is 0 Å². The van der Waals surface area contributed by atoms with Gasteiger partial charge in [0.25, 0.3) is 0 Å². The first kappa shape index (κ1) is 8.97. The molecule has 1 aliphatic heterocycles. The van der Waals surface area contributed by atoms with E-state index in [1.54, 1.807) is 0 Å². The van der Waals surface area contributed by atoms with E-state index in [1.165, 1.54) is 12.8 Å². The molecule has 0 aliphatic carbocycles. The molecule has 66 valence electrons. The Balaban J connectivity index is 2.21. The van der Waals surface area contributed by atoms with Crippen LogP contribution < -0.4 is 10.6 Å². The summed E-state index contributed by atoms with van der Waals surface area (Å²) in [6.07, 6.45) is 2.87. The molecule has 1 aliphatic rings. The molecule has 3 nitrogen and oxygen atoms in total. The quantitative estimate of drug-likeness (QED) is 0.612. The van der Waals surface area contributed by atoms with Gasteiger partial charge in [0.15, 0.2) is 0 Å². The highest BCUT2D eigenvalue weighted by Crippen LogP contribution is 1.95. The van der Waals surface area contributed by atoms with Gasteiger partial charge in [-0.1, -0.05) is 6.92 Å². The van der Waals surface area contributed by atoms with E-state index in [1.807, 2.05) is 0 Å². The number of hydrogen-bond donors (Lipinski definition) is 2. The van der Waals surface area contributed by atoms with Gasteiger partial charge in [0.2, 0.25) is 0 Å². The molecule has 2 N–H and O–H groups in total. The van der Waals surface area contributed by atoms with Crippen LogP contribution in [-0.2, 0) is 0 Å². The molecule has 0 amide bonds. The third kappa shape index (κ3) is 2.77. The molecule has 0 spiro atoms. The Kier molecular flexibility index (Phi) is 3.83. The Morgan fingerprint density at radius 1 is 1.36 bits per heavy atom. The maximum atomic E-state index is 3.42. The fourth-order valence-corrected chi connectivity index (χ4v) is 1.43. The van der Waals surface area contributed by atoms with Crippen LogP contribution in [0.15, 0.2) is 0 Å². The zero-order chi connectivity index (χ0) is 8.10. The summed E-state index contributed by atoms with van der Waals surface area (Å²) in [6.45, 7) is 5.65. The molecule has 1 saturated heterocycles. The van der Waals surface area contributed by atoms with Crippen molar-refractivity contribution in [1.82, 2.24) is 15.5 Å².